The Bertz CT molecular complexity index is 1480. The lowest BCUT2D eigenvalue weighted by Gasteiger charge is -2.11. The molecule has 2 aromatic heterocycles. The molecular formula is C20H16F4N4O2S. The number of benzene rings is 2. The first-order chi connectivity index (χ1) is 14.3. The van der Waals surface area contributed by atoms with Crippen LogP contribution in [0, 0.1) is 5.82 Å². The second kappa shape index (κ2) is 6.91. The Morgan fingerprint density at radius 2 is 1.81 bits per heavy atom. The Kier molecular flexibility index (Phi) is 4.69. The zero-order valence-corrected chi connectivity index (χ0v) is 17.4. The van der Waals surface area contributed by atoms with Crippen molar-refractivity contribution in [1.82, 2.24) is 14.3 Å². The molecule has 0 saturated carbocycles. The predicted molar refractivity (Wildman–Crippen MR) is 109 cm³/mol. The van der Waals surface area contributed by atoms with Gasteiger partial charge in [-0.1, -0.05) is 0 Å². The van der Waals surface area contributed by atoms with Gasteiger partial charge in [0.2, 0.25) is 0 Å². The Hall–Kier alpha value is -3.21. The van der Waals surface area contributed by atoms with Gasteiger partial charge in [0.1, 0.15) is 5.82 Å². The molecule has 0 fully saturated rings. The summed E-state index contributed by atoms with van der Waals surface area (Å²) < 4.78 is 71.6. The molecule has 1 amide bonds. The number of rotatable bonds is 2. The average molecular weight is 452 g/mol. The van der Waals surface area contributed by atoms with Gasteiger partial charge >= 0.3 is 6.18 Å². The van der Waals surface area contributed by atoms with Gasteiger partial charge in [-0.15, -0.1) is 0 Å². The van der Waals surface area contributed by atoms with Crippen molar-refractivity contribution in [3.05, 3.63) is 59.5 Å². The molecule has 162 valence electrons. The fraction of sp³-hybridized carbons (Fsp3) is 0.200. The molecule has 6 nitrogen and oxygen atoms in total. The first-order valence-electron chi connectivity index (χ1n) is 8.91. The van der Waals surface area contributed by atoms with E-state index in [0.29, 0.717) is 28.0 Å². The fourth-order valence-electron chi connectivity index (χ4n) is 3.41. The summed E-state index contributed by atoms with van der Waals surface area (Å²) in [5, 5.41) is 5.53. The second-order valence-electron chi connectivity index (χ2n) is 7.35. The van der Waals surface area contributed by atoms with Crippen molar-refractivity contribution < 1.29 is 26.6 Å². The number of fused-ring (bicyclic) bond motifs is 3. The first-order valence-corrected chi connectivity index (χ1v) is 11.2. The SMILES string of the molecule is Cn1cc2c3cc(C(=O)N=S(C)(C)=O)ccc3n(-c3ccc(C(F)(F)F)c(F)c3)c2n1. The zero-order valence-electron chi connectivity index (χ0n) is 16.6. The molecule has 0 spiro atoms. The Balaban J connectivity index is 1.97. The largest absolute Gasteiger partial charge is 0.419 e. The van der Waals surface area contributed by atoms with Crippen LogP contribution in [0.2, 0.25) is 0 Å². The number of carbonyl (C=O) groups is 1. The lowest BCUT2D eigenvalue weighted by Crippen LogP contribution is -2.09. The minimum absolute atomic E-state index is 0.151. The van der Waals surface area contributed by atoms with Crippen molar-refractivity contribution in [2.24, 2.45) is 11.4 Å². The van der Waals surface area contributed by atoms with Gasteiger partial charge in [0.25, 0.3) is 5.91 Å². The minimum atomic E-state index is -4.81. The number of aromatic nitrogens is 3. The first kappa shape index (κ1) is 21.0. The van der Waals surface area contributed by atoms with E-state index in [1.54, 1.807) is 25.4 Å². The fourth-order valence-corrected chi connectivity index (χ4v) is 3.92. The van der Waals surface area contributed by atoms with Gasteiger partial charge in [-0.3, -0.25) is 14.0 Å². The van der Waals surface area contributed by atoms with Crippen LogP contribution < -0.4 is 0 Å². The van der Waals surface area contributed by atoms with Crippen LogP contribution in [-0.2, 0) is 23.0 Å². The van der Waals surface area contributed by atoms with Crippen LogP contribution in [0.1, 0.15) is 15.9 Å². The van der Waals surface area contributed by atoms with Crippen LogP contribution in [0.15, 0.2) is 47.0 Å². The molecule has 2 aromatic carbocycles. The molecule has 0 unspecified atom stereocenters. The maximum absolute atomic E-state index is 14.2. The summed E-state index contributed by atoms with van der Waals surface area (Å²) in [6.07, 6.45) is -0.433. The van der Waals surface area contributed by atoms with Gasteiger partial charge in [0.15, 0.2) is 5.65 Å². The summed E-state index contributed by atoms with van der Waals surface area (Å²) in [6, 6.07) is 7.23. The van der Waals surface area contributed by atoms with Gasteiger partial charge in [-0.05, 0) is 36.4 Å². The van der Waals surface area contributed by atoms with E-state index in [2.05, 4.69) is 9.46 Å². The van der Waals surface area contributed by atoms with E-state index in [0.717, 1.165) is 12.1 Å². The number of alkyl halides is 3. The minimum Gasteiger partial charge on any atom is -0.292 e. The number of nitrogens with zero attached hydrogens (tertiary/aromatic N) is 4. The number of hydrogen-bond donors (Lipinski definition) is 0. The van der Waals surface area contributed by atoms with Gasteiger partial charge in [0.05, 0.1) is 16.8 Å². The van der Waals surface area contributed by atoms with Crippen LogP contribution in [-0.4, -0.2) is 37.0 Å². The highest BCUT2D eigenvalue weighted by Crippen LogP contribution is 2.35. The molecule has 4 rings (SSSR count). The second-order valence-corrected chi connectivity index (χ2v) is 9.89. The lowest BCUT2D eigenvalue weighted by atomic mass is 10.1. The molecule has 0 saturated heterocycles. The number of halogens is 4. The molecule has 0 N–H and O–H groups in total. The molecular weight excluding hydrogens is 436 g/mol. The van der Waals surface area contributed by atoms with E-state index in [9.17, 15) is 26.6 Å². The molecule has 0 radical (unpaired) electrons. The maximum Gasteiger partial charge on any atom is 0.419 e. The van der Waals surface area contributed by atoms with E-state index in [4.69, 9.17) is 0 Å². The van der Waals surface area contributed by atoms with Crippen molar-refractivity contribution in [2.75, 3.05) is 12.5 Å². The molecule has 0 aliphatic rings. The average Bonchev–Trinajstić information content (AvgIpc) is 3.13. The zero-order chi connectivity index (χ0) is 22.7. The number of amides is 1. The summed E-state index contributed by atoms with van der Waals surface area (Å²) in [5.74, 6) is -2.05. The van der Waals surface area contributed by atoms with Crippen molar-refractivity contribution in [3.8, 4) is 5.69 Å². The highest BCUT2D eigenvalue weighted by Gasteiger charge is 2.34. The van der Waals surface area contributed by atoms with Crippen LogP contribution in [0.25, 0.3) is 27.6 Å². The standard InChI is InChI=1S/C20H16F4N4O2S/c1-27-10-14-13-8-11(19(29)26-31(2,3)30)4-7-17(13)28(18(14)25-27)12-5-6-15(16(21)9-12)20(22,23)24/h4-10H,1-3H3. The van der Waals surface area contributed by atoms with Crippen molar-refractivity contribution >= 4 is 37.6 Å². The lowest BCUT2D eigenvalue weighted by molar-refractivity contribution is -0.140. The van der Waals surface area contributed by atoms with Gasteiger partial charge in [-0.25, -0.2) is 8.60 Å². The molecule has 4 aromatic rings. The van der Waals surface area contributed by atoms with E-state index < -0.39 is 33.2 Å². The summed E-state index contributed by atoms with van der Waals surface area (Å²) in [5.41, 5.74) is -0.110. The van der Waals surface area contributed by atoms with E-state index in [1.165, 1.54) is 27.8 Å². The van der Waals surface area contributed by atoms with Crippen LogP contribution >= 0.6 is 0 Å². The highest BCUT2D eigenvalue weighted by molar-refractivity contribution is 7.92. The van der Waals surface area contributed by atoms with Crippen LogP contribution in [0.5, 0.6) is 0 Å². The molecule has 2 heterocycles. The van der Waals surface area contributed by atoms with E-state index in [1.807, 2.05) is 0 Å². The normalized spacial score (nSPS) is 12.6. The van der Waals surface area contributed by atoms with Gasteiger partial charge < -0.3 is 0 Å². The summed E-state index contributed by atoms with van der Waals surface area (Å²) in [6.45, 7) is 0. The van der Waals surface area contributed by atoms with Crippen LogP contribution in [0.3, 0.4) is 0 Å². The number of aryl methyl sites for hydroxylation is 1. The summed E-state index contributed by atoms with van der Waals surface area (Å²) in [7, 11) is -0.988. The highest BCUT2D eigenvalue weighted by atomic mass is 32.2. The third kappa shape index (κ3) is 3.80. The summed E-state index contributed by atoms with van der Waals surface area (Å²) in [4.78, 5) is 12.4. The number of carbonyl (C=O) groups excluding carboxylic acids is 1. The number of hydrogen-bond acceptors (Lipinski definition) is 3. The topological polar surface area (TPSA) is 69.2 Å². The molecule has 0 aliphatic heterocycles. The molecule has 31 heavy (non-hydrogen) atoms. The van der Waals surface area contributed by atoms with Crippen molar-refractivity contribution in [1.29, 1.82) is 0 Å². The van der Waals surface area contributed by atoms with Gasteiger partial charge in [0, 0.05) is 51.8 Å². The third-order valence-electron chi connectivity index (χ3n) is 4.61. The van der Waals surface area contributed by atoms with E-state index in [-0.39, 0.29) is 11.3 Å². The molecule has 0 aliphatic carbocycles. The predicted octanol–water partition coefficient (Wildman–Crippen LogP) is 4.54. The summed E-state index contributed by atoms with van der Waals surface area (Å²) >= 11 is 0. The monoisotopic (exact) mass is 452 g/mol. The van der Waals surface area contributed by atoms with E-state index >= 15 is 0 Å². The molecule has 11 heteroatoms. The quantitative estimate of drug-likeness (QED) is 0.419. The van der Waals surface area contributed by atoms with Gasteiger partial charge in [-0.2, -0.15) is 22.6 Å². The molecule has 0 bridgehead atoms. The van der Waals surface area contributed by atoms with Crippen molar-refractivity contribution in [3.63, 3.8) is 0 Å². The molecule has 0 atom stereocenters. The Morgan fingerprint density at radius 3 is 2.42 bits per heavy atom. The Morgan fingerprint density at radius 1 is 1.10 bits per heavy atom. The third-order valence-corrected chi connectivity index (χ3v) is 5.22. The van der Waals surface area contributed by atoms with Crippen molar-refractivity contribution in [2.45, 2.75) is 6.18 Å². The smallest absolute Gasteiger partial charge is 0.292 e. The Labute approximate surface area is 174 Å². The maximum atomic E-state index is 14.2. The van der Waals surface area contributed by atoms with Crippen LogP contribution in [0.4, 0.5) is 17.6 Å².